The van der Waals surface area contributed by atoms with Gasteiger partial charge in [-0.15, -0.1) is 0 Å². The van der Waals surface area contributed by atoms with Crippen LogP contribution in [0.1, 0.15) is 42.6 Å². The van der Waals surface area contributed by atoms with E-state index in [9.17, 15) is 0 Å². The molecule has 0 saturated heterocycles. The third-order valence-electron chi connectivity index (χ3n) is 2.71. The van der Waals surface area contributed by atoms with Gasteiger partial charge in [0.05, 0.1) is 12.2 Å². The fraction of sp³-hybridized carbons (Fsp3) is 0.333. The van der Waals surface area contributed by atoms with Crippen molar-refractivity contribution in [3.63, 3.8) is 0 Å². The Balaban J connectivity index is 2.22. The molecule has 2 aromatic rings. The molecule has 0 radical (unpaired) electrons. The molecular formula is C12H16N4. The summed E-state index contributed by atoms with van der Waals surface area (Å²) >= 11 is 0. The van der Waals surface area contributed by atoms with Crippen LogP contribution in [0.25, 0.3) is 0 Å². The Morgan fingerprint density at radius 3 is 2.25 bits per heavy atom. The van der Waals surface area contributed by atoms with Crippen molar-refractivity contribution in [1.82, 2.24) is 15.4 Å². The lowest BCUT2D eigenvalue weighted by Crippen LogP contribution is -2.12. The number of H-pyrrole nitrogens is 1. The van der Waals surface area contributed by atoms with Crippen molar-refractivity contribution in [3.8, 4) is 0 Å². The number of benzene rings is 1. The standard InChI is InChI=1S/C12H16N4/c1-8(2)9-3-5-10(6-4-9)12(13)11-7-14-16-15-11/h3-8,12H,13H2,1-2H3,(H,14,15,16). The molecule has 3 N–H and O–H groups in total. The summed E-state index contributed by atoms with van der Waals surface area (Å²) in [7, 11) is 0. The molecule has 4 nitrogen and oxygen atoms in total. The predicted molar refractivity (Wildman–Crippen MR) is 62.9 cm³/mol. The zero-order valence-electron chi connectivity index (χ0n) is 9.51. The van der Waals surface area contributed by atoms with Crippen molar-refractivity contribution in [2.24, 2.45) is 5.73 Å². The molecule has 0 amide bonds. The largest absolute Gasteiger partial charge is 0.319 e. The number of nitrogens with one attached hydrogen (secondary N) is 1. The van der Waals surface area contributed by atoms with Crippen molar-refractivity contribution >= 4 is 0 Å². The van der Waals surface area contributed by atoms with Crippen molar-refractivity contribution in [2.45, 2.75) is 25.8 Å². The smallest absolute Gasteiger partial charge is 0.104 e. The predicted octanol–water partition coefficient (Wildman–Crippen LogP) is 1.98. The zero-order valence-corrected chi connectivity index (χ0v) is 9.51. The summed E-state index contributed by atoms with van der Waals surface area (Å²) < 4.78 is 0. The number of rotatable bonds is 3. The lowest BCUT2D eigenvalue weighted by molar-refractivity contribution is 0.805. The van der Waals surface area contributed by atoms with Crippen molar-refractivity contribution in [2.75, 3.05) is 0 Å². The number of aromatic amines is 1. The average molecular weight is 216 g/mol. The van der Waals surface area contributed by atoms with E-state index in [0.717, 1.165) is 11.3 Å². The number of nitrogens with two attached hydrogens (primary N) is 1. The number of aromatic nitrogens is 3. The Labute approximate surface area is 94.9 Å². The lowest BCUT2D eigenvalue weighted by Gasteiger charge is -2.10. The molecule has 1 heterocycles. The molecule has 16 heavy (non-hydrogen) atoms. The van der Waals surface area contributed by atoms with Gasteiger partial charge in [0.2, 0.25) is 0 Å². The molecular weight excluding hydrogens is 200 g/mol. The highest BCUT2D eigenvalue weighted by atomic mass is 15.3. The van der Waals surface area contributed by atoms with Crippen LogP contribution in [0.3, 0.4) is 0 Å². The van der Waals surface area contributed by atoms with E-state index < -0.39 is 0 Å². The molecule has 2 rings (SSSR count). The first kappa shape index (κ1) is 10.8. The van der Waals surface area contributed by atoms with Crippen LogP contribution in [-0.4, -0.2) is 15.4 Å². The third-order valence-corrected chi connectivity index (χ3v) is 2.71. The van der Waals surface area contributed by atoms with Crippen molar-refractivity contribution < 1.29 is 0 Å². The van der Waals surface area contributed by atoms with Crippen molar-refractivity contribution in [1.29, 1.82) is 0 Å². The molecule has 1 aromatic heterocycles. The molecule has 1 aromatic carbocycles. The van der Waals surface area contributed by atoms with Crippen LogP contribution in [-0.2, 0) is 0 Å². The average Bonchev–Trinajstić information content (AvgIpc) is 2.81. The van der Waals surface area contributed by atoms with Crippen LogP contribution in [0.4, 0.5) is 0 Å². The maximum atomic E-state index is 6.06. The van der Waals surface area contributed by atoms with E-state index in [0.29, 0.717) is 5.92 Å². The monoisotopic (exact) mass is 216 g/mol. The molecule has 0 aliphatic rings. The topological polar surface area (TPSA) is 67.6 Å². The van der Waals surface area contributed by atoms with Crippen molar-refractivity contribution in [3.05, 3.63) is 47.3 Å². The molecule has 0 spiro atoms. The first-order valence-corrected chi connectivity index (χ1v) is 5.39. The fourth-order valence-electron chi connectivity index (χ4n) is 1.62. The molecule has 0 fully saturated rings. The molecule has 84 valence electrons. The fourth-order valence-corrected chi connectivity index (χ4v) is 1.62. The van der Waals surface area contributed by atoms with E-state index in [4.69, 9.17) is 5.73 Å². The van der Waals surface area contributed by atoms with Gasteiger partial charge in [-0.25, -0.2) is 0 Å². The second kappa shape index (κ2) is 4.45. The number of nitrogens with zero attached hydrogens (tertiary/aromatic N) is 2. The molecule has 1 unspecified atom stereocenters. The summed E-state index contributed by atoms with van der Waals surface area (Å²) in [5.41, 5.74) is 9.20. The molecule has 4 heteroatoms. The van der Waals surface area contributed by atoms with Crippen LogP contribution in [0.5, 0.6) is 0 Å². The quantitative estimate of drug-likeness (QED) is 0.824. The maximum absolute atomic E-state index is 6.06. The van der Waals surface area contributed by atoms with Gasteiger partial charge in [-0.2, -0.15) is 15.4 Å². The normalized spacial score (nSPS) is 13.0. The van der Waals surface area contributed by atoms with Crippen LogP contribution in [0.15, 0.2) is 30.5 Å². The summed E-state index contributed by atoms with van der Waals surface area (Å²) in [6.07, 6.45) is 1.65. The summed E-state index contributed by atoms with van der Waals surface area (Å²) in [6, 6.07) is 8.11. The van der Waals surface area contributed by atoms with E-state index in [-0.39, 0.29) is 6.04 Å². The zero-order chi connectivity index (χ0) is 11.5. The summed E-state index contributed by atoms with van der Waals surface area (Å²) in [5, 5.41) is 10.3. The Kier molecular flexibility index (Phi) is 3.01. The second-order valence-electron chi connectivity index (χ2n) is 4.19. The molecule has 0 aliphatic carbocycles. The molecule has 0 saturated carbocycles. The third kappa shape index (κ3) is 2.12. The number of hydrogen-bond donors (Lipinski definition) is 2. The van der Waals surface area contributed by atoms with E-state index in [1.807, 2.05) is 0 Å². The number of hydrogen-bond acceptors (Lipinski definition) is 3. The maximum Gasteiger partial charge on any atom is 0.104 e. The highest BCUT2D eigenvalue weighted by Gasteiger charge is 2.11. The lowest BCUT2D eigenvalue weighted by atomic mass is 9.98. The van der Waals surface area contributed by atoms with E-state index >= 15 is 0 Å². The van der Waals surface area contributed by atoms with Gasteiger partial charge in [-0.05, 0) is 17.0 Å². The van der Waals surface area contributed by atoms with Gasteiger partial charge >= 0.3 is 0 Å². The van der Waals surface area contributed by atoms with E-state index in [1.165, 1.54) is 5.56 Å². The van der Waals surface area contributed by atoms with Gasteiger partial charge < -0.3 is 5.73 Å². The van der Waals surface area contributed by atoms with Gasteiger partial charge in [0.1, 0.15) is 5.69 Å². The van der Waals surface area contributed by atoms with Crippen LogP contribution < -0.4 is 5.73 Å². The van der Waals surface area contributed by atoms with E-state index in [2.05, 4.69) is 53.5 Å². The first-order valence-electron chi connectivity index (χ1n) is 5.39. The first-order chi connectivity index (χ1) is 7.68. The summed E-state index contributed by atoms with van der Waals surface area (Å²) in [6.45, 7) is 4.35. The summed E-state index contributed by atoms with van der Waals surface area (Å²) in [4.78, 5) is 0. The molecule has 1 atom stereocenters. The molecule has 0 aliphatic heterocycles. The summed E-state index contributed by atoms with van der Waals surface area (Å²) in [5.74, 6) is 0.539. The molecule has 0 bridgehead atoms. The van der Waals surface area contributed by atoms with Crippen LogP contribution in [0, 0.1) is 0 Å². The second-order valence-corrected chi connectivity index (χ2v) is 4.19. The van der Waals surface area contributed by atoms with Gasteiger partial charge in [-0.1, -0.05) is 38.1 Å². The van der Waals surface area contributed by atoms with Gasteiger partial charge in [-0.3, -0.25) is 0 Å². The van der Waals surface area contributed by atoms with Gasteiger partial charge in [0.25, 0.3) is 0 Å². The van der Waals surface area contributed by atoms with Crippen LogP contribution >= 0.6 is 0 Å². The van der Waals surface area contributed by atoms with Crippen LogP contribution in [0.2, 0.25) is 0 Å². The van der Waals surface area contributed by atoms with Gasteiger partial charge in [0.15, 0.2) is 0 Å². The Bertz CT molecular complexity index is 431. The minimum absolute atomic E-state index is 0.208. The Hall–Kier alpha value is -1.68. The SMILES string of the molecule is CC(C)c1ccc(C(N)c2cn[nH]n2)cc1. The Morgan fingerprint density at radius 1 is 1.12 bits per heavy atom. The van der Waals surface area contributed by atoms with Gasteiger partial charge in [0, 0.05) is 0 Å². The minimum Gasteiger partial charge on any atom is -0.319 e. The highest BCUT2D eigenvalue weighted by molar-refractivity contribution is 5.30. The highest BCUT2D eigenvalue weighted by Crippen LogP contribution is 2.20. The van der Waals surface area contributed by atoms with E-state index in [1.54, 1.807) is 6.20 Å². The minimum atomic E-state index is -0.208. The Morgan fingerprint density at radius 2 is 1.75 bits per heavy atom.